The van der Waals surface area contributed by atoms with E-state index >= 15 is 0 Å². The van der Waals surface area contributed by atoms with Gasteiger partial charge in [-0.3, -0.25) is 4.98 Å². The zero-order chi connectivity index (χ0) is 21.9. The molecule has 2 N–H and O–H groups in total. The molecule has 0 spiro atoms. The summed E-state index contributed by atoms with van der Waals surface area (Å²) in [5.74, 6) is 1.46. The van der Waals surface area contributed by atoms with Crippen molar-refractivity contribution in [2.45, 2.75) is 0 Å². The number of aromatic nitrogens is 4. The molecule has 0 unspecified atom stereocenters. The molecule has 1 aliphatic heterocycles. The Bertz CT molecular complexity index is 1230. The van der Waals surface area contributed by atoms with Gasteiger partial charge in [-0.15, -0.1) is 0 Å². The number of pyridine rings is 1. The quantitative estimate of drug-likeness (QED) is 0.480. The van der Waals surface area contributed by atoms with E-state index in [1.807, 2.05) is 42.0 Å². The van der Waals surface area contributed by atoms with Gasteiger partial charge in [-0.25, -0.2) is 9.97 Å². The van der Waals surface area contributed by atoms with Gasteiger partial charge in [0.1, 0.15) is 5.75 Å². The minimum Gasteiger partial charge on any atom is -0.495 e. The van der Waals surface area contributed by atoms with Crippen molar-refractivity contribution in [3.8, 4) is 17.0 Å². The Kier molecular flexibility index (Phi) is 5.47. The third kappa shape index (κ3) is 3.90. The Morgan fingerprint density at radius 3 is 2.78 bits per heavy atom. The first kappa shape index (κ1) is 20.1. The molecule has 1 fully saturated rings. The first-order valence-electron chi connectivity index (χ1n) is 10.5. The number of benzene rings is 1. The number of rotatable bonds is 6. The molecule has 9 nitrogen and oxygen atoms in total. The Morgan fingerprint density at radius 1 is 1.09 bits per heavy atom. The van der Waals surface area contributed by atoms with E-state index in [9.17, 15) is 0 Å². The number of methoxy groups -OCH3 is 1. The average molecular weight is 432 g/mol. The molecular weight excluding hydrogens is 406 g/mol. The predicted octanol–water partition coefficient (Wildman–Crippen LogP) is 3.42. The molecule has 9 heteroatoms. The smallest absolute Gasteiger partial charge is 0.180 e. The first-order valence-corrected chi connectivity index (χ1v) is 10.5. The van der Waals surface area contributed by atoms with Crippen LogP contribution in [0.3, 0.4) is 0 Å². The van der Waals surface area contributed by atoms with Crippen molar-refractivity contribution in [3.05, 3.63) is 55.2 Å². The van der Waals surface area contributed by atoms with E-state index in [0.717, 1.165) is 66.0 Å². The van der Waals surface area contributed by atoms with Crippen LogP contribution in [0.1, 0.15) is 0 Å². The average Bonchev–Trinajstić information content (AvgIpc) is 3.34. The van der Waals surface area contributed by atoms with Gasteiger partial charge in [0.15, 0.2) is 11.5 Å². The molecule has 0 saturated carbocycles. The third-order valence-electron chi connectivity index (χ3n) is 5.49. The molecule has 0 bridgehead atoms. The maximum absolute atomic E-state index is 5.69. The molecule has 1 aromatic carbocycles. The summed E-state index contributed by atoms with van der Waals surface area (Å²) >= 11 is 0. The van der Waals surface area contributed by atoms with Gasteiger partial charge >= 0.3 is 0 Å². The summed E-state index contributed by atoms with van der Waals surface area (Å²) in [6.45, 7) is 3.14. The topological polar surface area (TPSA) is 88.8 Å². The zero-order valence-corrected chi connectivity index (χ0v) is 18.1. The van der Waals surface area contributed by atoms with Crippen LogP contribution < -0.4 is 20.3 Å². The second-order valence-corrected chi connectivity index (χ2v) is 7.46. The van der Waals surface area contributed by atoms with Crippen LogP contribution in [0.4, 0.5) is 22.9 Å². The number of imidazole rings is 1. The van der Waals surface area contributed by atoms with Gasteiger partial charge in [0.2, 0.25) is 0 Å². The number of anilines is 4. The van der Waals surface area contributed by atoms with E-state index < -0.39 is 0 Å². The highest BCUT2D eigenvalue weighted by Gasteiger charge is 2.17. The number of morpholine rings is 1. The molecule has 0 radical (unpaired) electrons. The van der Waals surface area contributed by atoms with Crippen LogP contribution in [0, 0.1) is 0 Å². The monoisotopic (exact) mass is 431 g/mol. The van der Waals surface area contributed by atoms with Crippen LogP contribution in [0.15, 0.2) is 55.2 Å². The number of ether oxygens (including phenoxy) is 2. The fraction of sp³-hybridized carbons (Fsp3) is 0.261. The largest absolute Gasteiger partial charge is 0.495 e. The van der Waals surface area contributed by atoms with Crippen molar-refractivity contribution in [2.24, 2.45) is 0 Å². The van der Waals surface area contributed by atoms with E-state index in [1.54, 1.807) is 25.7 Å². The van der Waals surface area contributed by atoms with Crippen molar-refractivity contribution >= 4 is 28.5 Å². The van der Waals surface area contributed by atoms with Crippen molar-refractivity contribution in [1.29, 1.82) is 0 Å². The van der Waals surface area contributed by atoms with Gasteiger partial charge in [-0.1, -0.05) is 0 Å². The second kappa shape index (κ2) is 8.72. The third-order valence-corrected chi connectivity index (χ3v) is 5.49. The van der Waals surface area contributed by atoms with Gasteiger partial charge in [-0.2, -0.15) is 0 Å². The summed E-state index contributed by atoms with van der Waals surface area (Å²) in [6.07, 6.45) is 9.20. The summed E-state index contributed by atoms with van der Waals surface area (Å²) in [5.41, 5.74) is 5.30. The molecule has 1 aliphatic rings. The van der Waals surface area contributed by atoms with Crippen molar-refractivity contribution in [3.63, 3.8) is 0 Å². The van der Waals surface area contributed by atoms with Crippen molar-refractivity contribution in [1.82, 2.24) is 19.4 Å². The number of fused-ring (bicyclic) bond motifs is 1. The van der Waals surface area contributed by atoms with E-state index in [4.69, 9.17) is 14.5 Å². The lowest BCUT2D eigenvalue weighted by atomic mass is 10.2. The number of hydrogen-bond acceptors (Lipinski definition) is 8. The SMILES string of the molecule is CNc1cncc(-c2cn3ccnc3c(Nc3ccc(N4CCOCC4)c(OC)c3)n2)c1. The molecular formula is C23H25N7O2. The van der Waals surface area contributed by atoms with Crippen LogP contribution in [-0.4, -0.2) is 59.8 Å². The molecule has 0 atom stereocenters. The highest BCUT2D eigenvalue weighted by Crippen LogP contribution is 2.33. The molecule has 3 aromatic heterocycles. The van der Waals surface area contributed by atoms with Crippen LogP contribution >= 0.6 is 0 Å². The fourth-order valence-corrected chi connectivity index (χ4v) is 3.83. The Morgan fingerprint density at radius 2 is 1.97 bits per heavy atom. The van der Waals surface area contributed by atoms with Crippen LogP contribution in [-0.2, 0) is 4.74 Å². The molecule has 32 heavy (non-hydrogen) atoms. The van der Waals surface area contributed by atoms with Gasteiger partial charge < -0.3 is 29.4 Å². The van der Waals surface area contributed by atoms with Gasteiger partial charge in [0.25, 0.3) is 0 Å². The number of nitrogens with zero attached hydrogens (tertiary/aromatic N) is 5. The Balaban J connectivity index is 1.50. The lowest BCUT2D eigenvalue weighted by molar-refractivity contribution is 0.122. The van der Waals surface area contributed by atoms with Gasteiger partial charge in [-0.05, 0) is 18.2 Å². The maximum Gasteiger partial charge on any atom is 0.180 e. The van der Waals surface area contributed by atoms with E-state index in [0.29, 0.717) is 5.82 Å². The lowest BCUT2D eigenvalue weighted by Gasteiger charge is -2.30. The molecule has 1 saturated heterocycles. The van der Waals surface area contributed by atoms with Crippen LogP contribution in [0.2, 0.25) is 0 Å². The standard InChI is InChI=1S/C23H25N7O2/c1-24-18-11-16(13-25-14-18)19-15-30-6-5-26-23(30)22(28-19)27-17-3-4-20(21(12-17)31-2)29-7-9-32-10-8-29/h3-6,11-15,24H,7-10H2,1-2H3,(H,27,28). The van der Waals surface area contributed by atoms with E-state index in [-0.39, 0.29) is 0 Å². The zero-order valence-electron chi connectivity index (χ0n) is 18.1. The van der Waals surface area contributed by atoms with E-state index in [2.05, 4.69) is 31.6 Å². The Labute approximate surface area is 186 Å². The van der Waals surface area contributed by atoms with Crippen LogP contribution in [0.5, 0.6) is 5.75 Å². The normalized spacial score (nSPS) is 13.9. The minimum atomic E-state index is 0.656. The fourth-order valence-electron chi connectivity index (χ4n) is 3.83. The van der Waals surface area contributed by atoms with Crippen LogP contribution in [0.25, 0.3) is 16.9 Å². The van der Waals surface area contributed by atoms with E-state index in [1.165, 1.54) is 0 Å². The predicted molar refractivity (Wildman–Crippen MR) is 125 cm³/mol. The summed E-state index contributed by atoms with van der Waals surface area (Å²) in [4.78, 5) is 15.9. The Hall–Kier alpha value is -3.85. The first-order chi connectivity index (χ1) is 15.7. The van der Waals surface area contributed by atoms with Crippen molar-refractivity contribution < 1.29 is 9.47 Å². The lowest BCUT2D eigenvalue weighted by Crippen LogP contribution is -2.36. The maximum atomic E-state index is 5.69. The molecule has 164 valence electrons. The number of nitrogens with one attached hydrogen (secondary N) is 2. The molecule has 0 amide bonds. The summed E-state index contributed by atoms with van der Waals surface area (Å²) in [5, 5.41) is 6.54. The van der Waals surface area contributed by atoms with Gasteiger partial charge in [0.05, 0.1) is 37.4 Å². The highest BCUT2D eigenvalue weighted by atomic mass is 16.5. The second-order valence-electron chi connectivity index (χ2n) is 7.46. The summed E-state index contributed by atoms with van der Waals surface area (Å²) in [7, 11) is 3.56. The highest BCUT2D eigenvalue weighted by molar-refractivity contribution is 5.76. The molecule has 4 heterocycles. The number of hydrogen-bond donors (Lipinski definition) is 2. The molecule has 0 aliphatic carbocycles. The minimum absolute atomic E-state index is 0.656. The van der Waals surface area contributed by atoms with Crippen molar-refractivity contribution in [2.75, 3.05) is 56.0 Å². The van der Waals surface area contributed by atoms with Gasteiger partial charge in [0, 0.05) is 68.4 Å². The molecule has 5 rings (SSSR count). The summed E-state index contributed by atoms with van der Waals surface area (Å²) in [6, 6.07) is 8.10. The summed E-state index contributed by atoms with van der Waals surface area (Å²) < 4.78 is 13.1. The molecule has 4 aromatic rings.